The summed E-state index contributed by atoms with van der Waals surface area (Å²) in [6.45, 7) is 7.08. The van der Waals surface area contributed by atoms with Crippen LogP contribution in [0.4, 0.5) is 5.95 Å². The van der Waals surface area contributed by atoms with Gasteiger partial charge < -0.3 is 15.0 Å². The van der Waals surface area contributed by atoms with Crippen LogP contribution >= 0.6 is 0 Å². The molecular weight excluding hydrogens is 386 g/mol. The lowest BCUT2D eigenvalue weighted by Crippen LogP contribution is -2.50. The van der Waals surface area contributed by atoms with Crippen molar-refractivity contribution in [2.45, 2.75) is 51.7 Å². The van der Waals surface area contributed by atoms with Gasteiger partial charge in [-0.1, -0.05) is 5.92 Å². The van der Waals surface area contributed by atoms with Crippen LogP contribution in [0.1, 0.15) is 51.8 Å². The number of nitrogens with zero attached hydrogens (tertiary/aromatic N) is 3. The van der Waals surface area contributed by atoms with Crippen molar-refractivity contribution in [3.05, 3.63) is 28.7 Å². The van der Waals surface area contributed by atoms with E-state index in [0.717, 1.165) is 5.70 Å². The van der Waals surface area contributed by atoms with Gasteiger partial charge >= 0.3 is 5.97 Å². The van der Waals surface area contributed by atoms with E-state index < -0.39 is 17.1 Å². The van der Waals surface area contributed by atoms with Gasteiger partial charge in [0.15, 0.2) is 5.54 Å². The summed E-state index contributed by atoms with van der Waals surface area (Å²) in [5, 5.41) is 5.33. The van der Waals surface area contributed by atoms with Gasteiger partial charge in [0.25, 0.3) is 0 Å². The number of esters is 1. The molecule has 0 aromatic carbocycles. The number of likely N-dealkylation sites (N-methyl/N-ethyl adjacent to an activating group) is 1. The molecule has 0 aliphatic carbocycles. The van der Waals surface area contributed by atoms with Gasteiger partial charge in [-0.05, 0) is 20.8 Å². The van der Waals surface area contributed by atoms with Gasteiger partial charge in [0.05, 0.1) is 11.3 Å². The molecule has 2 aliphatic rings. The summed E-state index contributed by atoms with van der Waals surface area (Å²) < 4.78 is 5.76. The van der Waals surface area contributed by atoms with Gasteiger partial charge in [0, 0.05) is 50.8 Å². The minimum atomic E-state index is -1.46. The van der Waals surface area contributed by atoms with Crippen LogP contribution in [-0.2, 0) is 24.7 Å². The molecule has 2 N–H and O–H groups in total. The van der Waals surface area contributed by atoms with Gasteiger partial charge in [-0.2, -0.15) is 0 Å². The first-order chi connectivity index (χ1) is 14.0. The molecular formula is C21H25N5O4. The van der Waals surface area contributed by atoms with E-state index in [4.69, 9.17) is 11.2 Å². The Balaban J connectivity index is 2.22. The molecule has 1 unspecified atom stereocenters. The Morgan fingerprint density at radius 2 is 2.10 bits per heavy atom. The van der Waals surface area contributed by atoms with Crippen molar-refractivity contribution in [3.8, 4) is 12.3 Å². The van der Waals surface area contributed by atoms with Gasteiger partial charge in [-0.3, -0.25) is 14.9 Å². The van der Waals surface area contributed by atoms with Crippen LogP contribution in [0.3, 0.4) is 0 Å². The number of hydrogen-bond acceptors (Lipinski definition) is 7. The first kappa shape index (κ1) is 21.3. The maximum Gasteiger partial charge on any atom is 0.339 e. The number of amides is 2. The second-order valence-corrected chi connectivity index (χ2v) is 8.31. The Morgan fingerprint density at radius 1 is 1.40 bits per heavy atom. The molecule has 0 saturated heterocycles. The zero-order valence-electron chi connectivity index (χ0n) is 17.8. The number of anilines is 1. The number of terminal acetylenes is 1. The molecule has 9 heteroatoms. The first-order valence-corrected chi connectivity index (χ1v) is 9.59. The predicted molar refractivity (Wildman–Crippen MR) is 109 cm³/mol. The molecule has 30 heavy (non-hydrogen) atoms. The highest BCUT2D eigenvalue weighted by Crippen LogP contribution is 2.47. The molecule has 0 fully saturated rings. The van der Waals surface area contributed by atoms with E-state index in [9.17, 15) is 14.4 Å². The van der Waals surface area contributed by atoms with Crippen LogP contribution in [0.2, 0.25) is 0 Å². The van der Waals surface area contributed by atoms with Crippen LogP contribution in [0.15, 0.2) is 17.5 Å². The third-order valence-corrected chi connectivity index (χ3v) is 5.04. The summed E-state index contributed by atoms with van der Waals surface area (Å²) in [5.41, 5.74) is -0.508. The van der Waals surface area contributed by atoms with E-state index in [1.807, 2.05) is 0 Å². The molecule has 1 atom stereocenters. The molecule has 0 saturated carbocycles. The second-order valence-electron chi connectivity index (χ2n) is 8.31. The normalized spacial score (nSPS) is 20.9. The molecule has 9 nitrogen and oxygen atoms in total. The Kier molecular flexibility index (Phi) is 5.29. The van der Waals surface area contributed by atoms with E-state index in [0.29, 0.717) is 18.5 Å². The molecule has 3 rings (SSSR count). The first-order valence-electron chi connectivity index (χ1n) is 9.59. The smallest absolute Gasteiger partial charge is 0.339 e. The largest absolute Gasteiger partial charge is 0.458 e. The lowest BCUT2D eigenvalue weighted by atomic mass is 9.86. The van der Waals surface area contributed by atoms with Crippen molar-refractivity contribution in [2.75, 3.05) is 18.9 Å². The Bertz CT molecular complexity index is 1000. The fraction of sp³-hybridized carbons (Fsp3) is 0.476. The number of hydrogen-bond donors (Lipinski definition) is 2. The highest BCUT2D eigenvalue weighted by atomic mass is 16.6. The SMILES string of the molecule is C#Cc1cnc(NC(C)=O)nc1C1(C(=O)OC(C)(C)C)CC2=C(CCNC2=O)N1C. The number of carbonyl (C=O) groups is 3. The number of aromatic nitrogens is 2. The molecule has 0 radical (unpaired) electrons. The maximum absolute atomic E-state index is 13.6. The molecule has 3 heterocycles. The predicted octanol–water partition coefficient (Wildman–Crippen LogP) is 1.06. The zero-order valence-corrected chi connectivity index (χ0v) is 17.8. The highest BCUT2D eigenvalue weighted by Gasteiger charge is 2.56. The molecule has 2 amide bonds. The van der Waals surface area contributed by atoms with Crippen molar-refractivity contribution in [3.63, 3.8) is 0 Å². The summed E-state index contributed by atoms with van der Waals surface area (Å²) in [7, 11) is 1.73. The number of rotatable bonds is 3. The lowest BCUT2D eigenvalue weighted by molar-refractivity contribution is -0.168. The quantitative estimate of drug-likeness (QED) is 0.565. The summed E-state index contributed by atoms with van der Waals surface area (Å²) in [5.74, 6) is 1.36. The summed E-state index contributed by atoms with van der Waals surface area (Å²) in [4.78, 5) is 47.9. The molecule has 1 aromatic rings. The number of carbonyl (C=O) groups excluding carboxylic acids is 3. The monoisotopic (exact) mass is 411 g/mol. The molecule has 1 aromatic heterocycles. The molecule has 2 aliphatic heterocycles. The number of ether oxygens (including phenoxy) is 1. The molecule has 158 valence electrons. The van der Waals surface area contributed by atoms with Gasteiger partial charge in [-0.15, -0.1) is 6.42 Å². The third kappa shape index (κ3) is 3.61. The zero-order chi connectivity index (χ0) is 22.3. The van der Waals surface area contributed by atoms with E-state index in [-0.39, 0.29) is 35.4 Å². The van der Waals surface area contributed by atoms with Crippen molar-refractivity contribution in [1.29, 1.82) is 0 Å². The average molecular weight is 411 g/mol. The fourth-order valence-electron chi connectivity index (χ4n) is 3.77. The van der Waals surface area contributed by atoms with Crippen LogP contribution in [0.25, 0.3) is 0 Å². The van der Waals surface area contributed by atoms with Gasteiger partial charge in [0.1, 0.15) is 5.60 Å². The van der Waals surface area contributed by atoms with E-state index in [1.54, 1.807) is 32.7 Å². The second kappa shape index (κ2) is 7.44. The minimum Gasteiger partial charge on any atom is -0.458 e. The Morgan fingerprint density at radius 3 is 2.67 bits per heavy atom. The van der Waals surface area contributed by atoms with Crippen molar-refractivity contribution >= 4 is 23.7 Å². The highest BCUT2D eigenvalue weighted by molar-refractivity contribution is 5.99. The fourth-order valence-corrected chi connectivity index (χ4v) is 3.77. The van der Waals surface area contributed by atoms with Crippen LogP contribution in [0, 0.1) is 12.3 Å². The van der Waals surface area contributed by atoms with Crippen LogP contribution in [-0.4, -0.2) is 51.8 Å². The third-order valence-electron chi connectivity index (χ3n) is 5.04. The van der Waals surface area contributed by atoms with Gasteiger partial charge in [-0.25, -0.2) is 14.8 Å². The van der Waals surface area contributed by atoms with Crippen LogP contribution in [0.5, 0.6) is 0 Å². The van der Waals surface area contributed by atoms with E-state index in [2.05, 4.69) is 26.5 Å². The Hall–Kier alpha value is -3.41. The Labute approximate surface area is 175 Å². The number of nitrogens with one attached hydrogen (secondary N) is 2. The topological polar surface area (TPSA) is 114 Å². The van der Waals surface area contributed by atoms with Crippen molar-refractivity contribution in [1.82, 2.24) is 20.2 Å². The van der Waals surface area contributed by atoms with E-state index in [1.165, 1.54) is 13.1 Å². The summed E-state index contributed by atoms with van der Waals surface area (Å²) in [6, 6.07) is 0. The van der Waals surface area contributed by atoms with E-state index >= 15 is 0 Å². The van der Waals surface area contributed by atoms with Crippen LogP contribution < -0.4 is 10.6 Å². The lowest BCUT2D eigenvalue weighted by Gasteiger charge is -2.38. The van der Waals surface area contributed by atoms with Crippen molar-refractivity contribution < 1.29 is 19.1 Å². The maximum atomic E-state index is 13.6. The summed E-state index contributed by atoms with van der Waals surface area (Å²) >= 11 is 0. The standard InChI is InChI=1S/C21H25N5O4/c1-7-13-11-23-19(24-12(2)27)25-16(13)21(18(29)30-20(3,4)5)10-14-15(26(21)6)8-9-22-17(14)28/h1,11H,8-10H2,2-6H3,(H,22,28)(H,23,24,25,27). The van der Waals surface area contributed by atoms with Crippen molar-refractivity contribution in [2.24, 2.45) is 0 Å². The molecule has 0 bridgehead atoms. The average Bonchev–Trinajstić information content (AvgIpc) is 2.95. The molecule has 0 spiro atoms. The van der Waals surface area contributed by atoms with Gasteiger partial charge in [0.2, 0.25) is 17.8 Å². The minimum absolute atomic E-state index is 0.0159. The summed E-state index contributed by atoms with van der Waals surface area (Å²) in [6.07, 6.45) is 7.69.